The Labute approximate surface area is 161 Å². The third-order valence-corrected chi connectivity index (χ3v) is 4.99. The normalized spacial score (nSPS) is 33.6. The van der Waals surface area contributed by atoms with Crippen molar-refractivity contribution in [3.05, 3.63) is 35.9 Å². The third kappa shape index (κ3) is 5.28. The van der Waals surface area contributed by atoms with Crippen LogP contribution in [0, 0.1) is 0 Å². The third-order valence-electron chi connectivity index (χ3n) is 4.99. The van der Waals surface area contributed by atoms with Crippen LogP contribution in [0.2, 0.25) is 0 Å². The van der Waals surface area contributed by atoms with Crippen molar-refractivity contribution >= 4 is 0 Å². The number of benzene rings is 1. The highest BCUT2D eigenvalue weighted by Gasteiger charge is 2.50. The van der Waals surface area contributed by atoms with Crippen LogP contribution >= 0.6 is 0 Å². The zero-order valence-corrected chi connectivity index (χ0v) is 16.3. The summed E-state index contributed by atoms with van der Waals surface area (Å²) in [6, 6.07) is 9.84. The first-order chi connectivity index (χ1) is 13.2. The minimum Gasteiger partial charge on any atom is -0.372 e. The predicted octanol–water partition coefficient (Wildman–Crippen LogP) is 3.19. The van der Waals surface area contributed by atoms with Crippen LogP contribution in [0.4, 0.5) is 0 Å². The maximum absolute atomic E-state index is 10.5. The molecule has 2 aliphatic rings. The van der Waals surface area contributed by atoms with Gasteiger partial charge in [0.25, 0.3) is 0 Å². The number of fused-ring (bicyclic) bond motifs is 1. The Kier molecular flexibility index (Phi) is 8.06. The second kappa shape index (κ2) is 10.5. The van der Waals surface area contributed by atoms with Crippen molar-refractivity contribution in [2.75, 3.05) is 19.8 Å². The van der Waals surface area contributed by atoms with E-state index in [2.05, 4.69) is 13.8 Å². The van der Waals surface area contributed by atoms with Gasteiger partial charge in [0.15, 0.2) is 12.6 Å². The lowest BCUT2D eigenvalue weighted by atomic mass is 9.97. The summed E-state index contributed by atoms with van der Waals surface area (Å²) < 4.78 is 29.9. The molecule has 6 heteroatoms. The summed E-state index contributed by atoms with van der Waals surface area (Å²) >= 11 is 0. The van der Waals surface area contributed by atoms with Crippen LogP contribution in [0.3, 0.4) is 0 Å². The molecular formula is C21H32O6. The van der Waals surface area contributed by atoms with Gasteiger partial charge < -0.3 is 28.8 Å². The summed E-state index contributed by atoms with van der Waals surface area (Å²) in [5, 5.41) is 10.5. The standard InChI is InChI=1S/C21H32O6/c1-3-5-12-23-18-17-16(26-20(22)19(18)24-13-6-4-2)14-25-21(27-17)15-10-8-7-9-11-15/h7-11,16-22H,3-6,12-14H2,1-2H3/t16?,17-,18?,19?,20-,21?/m1/s1. The quantitative estimate of drug-likeness (QED) is 0.664. The van der Waals surface area contributed by atoms with E-state index in [1.54, 1.807) is 0 Å². The largest absolute Gasteiger partial charge is 0.372 e. The van der Waals surface area contributed by atoms with E-state index in [0.29, 0.717) is 19.8 Å². The Hall–Kier alpha value is -1.02. The molecule has 1 N–H and O–H groups in total. The number of aliphatic hydroxyl groups excluding tert-OH is 1. The second-order valence-electron chi connectivity index (χ2n) is 7.12. The molecule has 3 rings (SSSR count). The SMILES string of the molecule is CCCCOC1C(OCCCC)[C@H](O)OC2COC(c3ccccc3)O[C@H]21. The molecule has 2 heterocycles. The highest BCUT2D eigenvalue weighted by molar-refractivity contribution is 5.16. The van der Waals surface area contributed by atoms with Crippen molar-refractivity contribution in [1.82, 2.24) is 0 Å². The molecule has 1 aromatic carbocycles. The van der Waals surface area contributed by atoms with Crippen LogP contribution in [-0.4, -0.2) is 55.6 Å². The van der Waals surface area contributed by atoms with Crippen LogP contribution in [0.1, 0.15) is 51.4 Å². The molecule has 0 saturated carbocycles. The first-order valence-corrected chi connectivity index (χ1v) is 10.1. The Balaban J connectivity index is 1.73. The molecule has 2 fully saturated rings. The Morgan fingerprint density at radius 1 is 0.963 bits per heavy atom. The fourth-order valence-corrected chi connectivity index (χ4v) is 3.44. The van der Waals surface area contributed by atoms with Gasteiger partial charge in [0.2, 0.25) is 0 Å². The summed E-state index contributed by atoms with van der Waals surface area (Å²) in [4.78, 5) is 0. The summed E-state index contributed by atoms with van der Waals surface area (Å²) in [6.07, 6.45) is 0.737. The smallest absolute Gasteiger partial charge is 0.184 e. The number of hydrogen-bond donors (Lipinski definition) is 1. The van der Waals surface area contributed by atoms with Crippen LogP contribution in [0.5, 0.6) is 0 Å². The lowest BCUT2D eigenvalue weighted by Gasteiger charge is -2.47. The number of aliphatic hydroxyl groups is 1. The van der Waals surface area contributed by atoms with Gasteiger partial charge in [-0.1, -0.05) is 57.0 Å². The van der Waals surface area contributed by atoms with Crippen molar-refractivity contribution in [3.63, 3.8) is 0 Å². The molecule has 0 amide bonds. The van der Waals surface area contributed by atoms with Crippen LogP contribution in [0.25, 0.3) is 0 Å². The van der Waals surface area contributed by atoms with E-state index >= 15 is 0 Å². The topological polar surface area (TPSA) is 66.4 Å². The Morgan fingerprint density at radius 2 is 1.63 bits per heavy atom. The van der Waals surface area contributed by atoms with Crippen LogP contribution in [-0.2, 0) is 23.7 Å². The predicted molar refractivity (Wildman–Crippen MR) is 100 cm³/mol. The molecule has 0 aromatic heterocycles. The number of rotatable bonds is 9. The first kappa shape index (κ1) is 20.7. The van der Waals surface area contributed by atoms with Gasteiger partial charge in [0, 0.05) is 18.8 Å². The van der Waals surface area contributed by atoms with E-state index in [1.165, 1.54) is 0 Å². The maximum Gasteiger partial charge on any atom is 0.184 e. The number of unbranched alkanes of at least 4 members (excludes halogenated alkanes) is 2. The molecule has 6 atom stereocenters. The zero-order valence-electron chi connectivity index (χ0n) is 16.3. The minimum absolute atomic E-state index is 0.344. The molecule has 2 aliphatic heterocycles. The highest BCUT2D eigenvalue weighted by Crippen LogP contribution is 2.35. The first-order valence-electron chi connectivity index (χ1n) is 10.1. The van der Waals surface area contributed by atoms with Gasteiger partial charge >= 0.3 is 0 Å². The zero-order chi connectivity index (χ0) is 19.1. The average molecular weight is 380 g/mol. The van der Waals surface area contributed by atoms with E-state index < -0.39 is 24.8 Å². The molecule has 27 heavy (non-hydrogen) atoms. The van der Waals surface area contributed by atoms with Gasteiger partial charge in [-0.3, -0.25) is 0 Å². The molecule has 0 spiro atoms. The second-order valence-corrected chi connectivity index (χ2v) is 7.12. The minimum atomic E-state index is -1.05. The van der Waals surface area contributed by atoms with Crippen LogP contribution < -0.4 is 0 Å². The maximum atomic E-state index is 10.5. The summed E-state index contributed by atoms with van der Waals surface area (Å²) in [5.74, 6) is 0. The van der Waals surface area contributed by atoms with Crippen molar-refractivity contribution < 1.29 is 28.8 Å². The van der Waals surface area contributed by atoms with E-state index in [-0.39, 0.29) is 12.2 Å². The molecule has 6 nitrogen and oxygen atoms in total. The lowest BCUT2D eigenvalue weighted by Crippen LogP contribution is -2.63. The molecule has 1 aromatic rings. The number of hydrogen-bond acceptors (Lipinski definition) is 6. The van der Waals surface area contributed by atoms with Gasteiger partial charge in [0.05, 0.1) is 6.61 Å². The summed E-state index contributed by atoms with van der Waals surface area (Å²) in [5.41, 5.74) is 0.956. The molecule has 4 unspecified atom stereocenters. The van der Waals surface area contributed by atoms with Crippen molar-refractivity contribution in [3.8, 4) is 0 Å². The lowest BCUT2D eigenvalue weighted by molar-refractivity contribution is -0.364. The fourth-order valence-electron chi connectivity index (χ4n) is 3.44. The number of ether oxygens (including phenoxy) is 5. The van der Waals surface area contributed by atoms with Crippen molar-refractivity contribution in [1.29, 1.82) is 0 Å². The van der Waals surface area contributed by atoms with Gasteiger partial charge in [-0.15, -0.1) is 0 Å². The van der Waals surface area contributed by atoms with Gasteiger partial charge in [-0.2, -0.15) is 0 Å². The Morgan fingerprint density at radius 3 is 2.30 bits per heavy atom. The summed E-state index contributed by atoms with van der Waals surface area (Å²) in [7, 11) is 0. The van der Waals surface area contributed by atoms with E-state index in [4.69, 9.17) is 23.7 Å². The molecule has 152 valence electrons. The Bertz CT molecular complexity index is 539. The molecular weight excluding hydrogens is 348 g/mol. The fraction of sp³-hybridized carbons (Fsp3) is 0.714. The van der Waals surface area contributed by atoms with E-state index in [0.717, 1.165) is 31.2 Å². The van der Waals surface area contributed by atoms with E-state index in [1.807, 2.05) is 30.3 Å². The molecule has 2 saturated heterocycles. The van der Waals surface area contributed by atoms with Crippen molar-refractivity contribution in [2.24, 2.45) is 0 Å². The van der Waals surface area contributed by atoms with Crippen LogP contribution in [0.15, 0.2) is 30.3 Å². The molecule has 0 bridgehead atoms. The van der Waals surface area contributed by atoms with Gasteiger partial charge in [-0.25, -0.2) is 0 Å². The highest BCUT2D eigenvalue weighted by atomic mass is 16.7. The van der Waals surface area contributed by atoms with Gasteiger partial charge in [0.1, 0.15) is 24.4 Å². The molecule has 0 aliphatic carbocycles. The average Bonchev–Trinajstić information content (AvgIpc) is 2.70. The van der Waals surface area contributed by atoms with E-state index in [9.17, 15) is 5.11 Å². The monoisotopic (exact) mass is 380 g/mol. The summed E-state index contributed by atoms with van der Waals surface area (Å²) in [6.45, 7) is 5.73. The molecule has 0 radical (unpaired) electrons. The van der Waals surface area contributed by atoms with Gasteiger partial charge in [-0.05, 0) is 12.8 Å². The van der Waals surface area contributed by atoms with Crippen molar-refractivity contribution in [2.45, 2.75) is 76.5 Å².